The van der Waals surface area contributed by atoms with Crippen molar-refractivity contribution in [2.24, 2.45) is 5.73 Å². The van der Waals surface area contributed by atoms with Gasteiger partial charge in [-0.3, -0.25) is 4.79 Å². The van der Waals surface area contributed by atoms with Crippen LogP contribution >= 0.6 is 25.3 Å². The van der Waals surface area contributed by atoms with E-state index >= 15 is 0 Å². The van der Waals surface area contributed by atoms with Crippen molar-refractivity contribution < 1.29 is 21.2 Å². The number of thiol groups is 2. The van der Waals surface area contributed by atoms with E-state index in [0.29, 0.717) is 0 Å². The van der Waals surface area contributed by atoms with Gasteiger partial charge in [-0.1, -0.05) is 0 Å². The fourth-order valence-corrected chi connectivity index (χ4v) is 0.536. The van der Waals surface area contributed by atoms with E-state index in [1.165, 1.54) is 0 Å². The zero-order valence-corrected chi connectivity index (χ0v) is 7.62. The average Bonchev–Trinajstić information content (AvgIpc) is 1.64. The zero-order valence-electron chi connectivity index (χ0n) is 5.83. The molecule has 0 heterocycles. The highest BCUT2D eigenvalue weighted by Crippen LogP contribution is 2.10. The molecular formula is C4H10N2O4S2. The highest BCUT2D eigenvalue weighted by atomic mass is 32.2. The molecule has 0 aromatic heterocycles. The first-order chi connectivity index (χ1) is 4.09. The third-order valence-corrected chi connectivity index (χ3v) is 1.03. The molecule has 72 valence electrons. The van der Waals surface area contributed by atoms with Crippen molar-refractivity contribution in [2.75, 3.05) is 0 Å². The van der Waals surface area contributed by atoms with Crippen LogP contribution in [0.5, 0.6) is 0 Å². The number of nitrogens with two attached hydrogens (primary N) is 1. The topological polar surface area (TPSA) is 161 Å². The largest absolute Gasteiger partial charge is 0.412 e. The lowest BCUT2D eigenvalue weighted by molar-refractivity contribution is -0.114. The minimum atomic E-state index is -0.808. The Morgan fingerprint density at radius 2 is 1.58 bits per heavy atom. The average molecular weight is 214 g/mol. The van der Waals surface area contributed by atoms with E-state index in [-0.39, 0.29) is 26.2 Å². The molecule has 0 atom stereocenters. The molecule has 0 fully saturated rings. The molecule has 0 bridgehead atoms. The number of carbonyl (C=O) groups excluding carboxylic acids is 1. The third-order valence-electron chi connectivity index (χ3n) is 0.582. The summed E-state index contributed by atoms with van der Waals surface area (Å²) < 4.78 is 0.0463. The molecule has 6 nitrogen and oxygen atoms in total. The summed E-state index contributed by atoms with van der Waals surface area (Å²) in [7, 11) is 0. The maximum absolute atomic E-state index is 10.2. The number of amides is 1. The molecule has 0 spiro atoms. The van der Waals surface area contributed by atoms with Crippen LogP contribution in [0.3, 0.4) is 0 Å². The molecule has 0 unspecified atom stereocenters. The lowest BCUT2D eigenvalue weighted by atomic mass is 10.3. The van der Waals surface area contributed by atoms with Gasteiger partial charge in [0.15, 0.2) is 0 Å². The van der Waals surface area contributed by atoms with Crippen LogP contribution in [0.15, 0.2) is 9.81 Å². The molecule has 8 N–H and O–H groups in total. The highest BCUT2D eigenvalue weighted by molar-refractivity contribution is 8.05. The first-order valence-electron chi connectivity index (χ1n) is 1.91. The maximum Gasteiger partial charge on any atom is 0.261 e. The minimum absolute atomic E-state index is 0. The van der Waals surface area contributed by atoms with Crippen molar-refractivity contribution in [2.45, 2.75) is 0 Å². The summed E-state index contributed by atoms with van der Waals surface area (Å²) in [5.74, 6) is -0.808. The van der Waals surface area contributed by atoms with E-state index in [4.69, 9.17) is 11.0 Å². The fourth-order valence-electron chi connectivity index (χ4n) is 0.215. The Balaban J connectivity index is -0.000000107. The van der Waals surface area contributed by atoms with Crippen molar-refractivity contribution in [1.82, 2.24) is 0 Å². The van der Waals surface area contributed by atoms with Crippen LogP contribution in [0.2, 0.25) is 0 Å². The number of carbonyl (C=O) groups is 1. The second-order valence-electron chi connectivity index (χ2n) is 1.17. The van der Waals surface area contributed by atoms with Gasteiger partial charge >= 0.3 is 0 Å². The Labute approximate surface area is 79.8 Å². The van der Waals surface area contributed by atoms with Crippen LogP contribution in [0, 0.1) is 11.3 Å². The summed E-state index contributed by atoms with van der Waals surface area (Å²) in [6.07, 6.45) is 0. The number of hydrogen-bond acceptors (Lipinski definition) is 4. The number of rotatable bonds is 1. The lowest BCUT2D eigenvalue weighted by Crippen LogP contribution is -2.12. The summed E-state index contributed by atoms with van der Waals surface area (Å²) in [4.78, 5) is 10.2. The van der Waals surface area contributed by atoms with E-state index in [9.17, 15) is 4.79 Å². The van der Waals surface area contributed by atoms with Gasteiger partial charge in [-0.15, -0.1) is 25.3 Å². The molecule has 1 amide bonds. The van der Waals surface area contributed by atoms with Crippen LogP contribution in [-0.2, 0) is 4.79 Å². The van der Waals surface area contributed by atoms with Crippen LogP contribution in [-0.4, -0.2) is 22.3 Å². The van der Waals surface area contributed by atoms with Gasteiger partial charge in [0.1, 0.15) is 11.6 Å². The molecule has 0 radical (unpaired) electrons. The van der Waals surface area contributed by atoms with Crippen LogP contribution in [0.1, 0.15) is 0 Å². The molecule has 0 aliphatic carbocycles. The van der Waals surface area contributed by atoms with Crippen molar-refractivity contribution in [1.29, 1.82) is 5.26 Å². The molecule has 0 rings (SSSR count). The van der Waals surface area contributed by atoms with Gasteiger partial charge in [-0.2, -0.15) is 5.26 Å². The SMILES string of the molecule is N#CC(C(N)=O)=C(S)S.O.O.O. The first-order valence-corrected chi connectivity index (χ1v) is 2.81. The van der Waals surface area contributed by atoms with E-state index in [1.54, 1.807) is 6.07 Å². The van der Waals surface area contributed by atoms with Crippen molar-refractivity contribution in [3.05, 3.63) is 9.81 Å². The number of nitrogens with zero attached hydrogens (tertiary/aromatic N) is 1. The second kappa shape index (κ2) is 10.3. The Hall–Kier alpha value is -0.720. The predicted molar refractivity (Wildman–Crippen MR) is 50.6 cm³/mol. The Kier molecular flexibility index (Phi) is 19.3. The molecule has 8 heteroatoms. The molecule has 0 aromatic carbocycles. The Morgan fingerprint density at radius 1 is 1.25 bits per heavy atom. The number of nitriles is 1. The number of primary amides is 1. The van der Waals surface area contributed by atoms with Crippen molar-refractivity contribution in [3.63, 3.8) is 0 Å². The molecule has 0 aliphatic rings. The van der Waals surface area contributed by atoms with E-state index in [0.717, 1.165) is 0 Å². The van der Waals surface area contributed by atoms with Gasteiger partial charge in [0.05, 0.1) is 4.24 Å². The Bertz CT molecular complexity index is 206. The summed E-state index contributed by atoms with van der Waals surface area (Å²) in [5.41, 5.74) is 4.51. The van der Waals surface area contributed by atoms with Gasteiger partial charge in [0.2, 0.25) is 0 Å². The molecule has 0 aliphatic heterocycles. The zero-order chi connectivity index (χ0) is 7.44. The van der Waals surface area contributed by atoms with E-state index in [1.807, 2.05) is 0 Å². The van der Waals surface area contributed by atoms with Crippen LogP contribution in [0.25, 0.3) is 0 Å². The van der Waals surface area contributed by atoms with Crippen LogP contribution in [0.4, 0.5) is 0 Å². The normalized spacial score (nSPS) is 5.75. The predicted octanol–water partition coefficient (Wildman–Crippen LogP) is -2.41. The highest BCUT2D eigenvalue weighted by Gasteiger charge is 2.04. The molecule has 0 aromatic rings. The minimum Gasteiger partial charge on any atom is -0.412 e. The molecule has 12 heavy (non-hydrogen) atoms. The third kappa shape index (κ3) is 7.39. The molecular weight excluding hydrogens is 204 g/mol. The fraction of sp³-hybridized carbons (Fsp3) is 0. The Morgan fingerprint density at radius 3 is 1.58 bits per heavy atom. The van der Waals surface area contributed by atoms with Crippen LogP contribution < -0.4 is 5.73 Å². The summed E-state index contributed by atoms with van der Waals surface area (Å²) in [5, 5.41) is 8.16. The van der Waals surface area contributed by atoms with Gasteiger partial charge in [-0.05, 0) is 0 Å². The standard InChI is InChI=1S/C4H4N2OS2.3H2O/c5-1-2(3(6)7)4(8)9;;;/h8-9H,(H2,6,7);3*1H2. The lowest BCUT2D eigenvalue weighted by Gasteiger charge is -1.89. The van der Waals surface area contributed by atoms with Gasteiger partial charge < -0.3 is 22.2 Å². The van der Waals surface area contributed by atoms with Gasteiger partial charge in [-0.25, -0.2) is 0 Å². The first kappa shape index (κ1) is 22.5. The second-order valence-corrected chi connectivity index (χ2v) is 2.42. The summed E-state index contributed by atoms with van der Waals surface area (Å²) >= 11 is 7.27. The molecule has 0 saturated carbocycles. The monoisotopic (exact) mass is 214 g/mol. The maximum atomic E-state index is 10.2. The van der Waals surface area contributed by atoms with E-state index in [2.05, 4.69) is 25.3 Å². The molecule has 0 saturated heterocycles. The van der Waals surface area contributed by atoms with E-state index < -0.39 is 5.91 Å². The quantitative estimate of drug-likeness (QED) is 0.252. The van der Waals surface area contributed by atoms with Crippen molar-refractivity contribution in [3.8, 4) is 6.07 Å². The number of hydrogen-bond donors (Lipinski definition) is 3. The van der Waals surface area contributed by atoms with Crippen molar-refractivity contribution >= 4 is 31.2 Å². The smallest absolute Gasteiger partial charge is 0.261 e. The van der Waals surface area contributed by atoms with Gasteiger partial charge in [0, 0.05) is 0 Å². The van der Waals surface area contributed by atoms with Gasteiger partial charge in [0.25, 0.3) is 5.91 Å². The summed E-state index contributed by atoms with van der Waals surface area (Å²) in [6, 6.07) is 1.55. The summed E-state index contributed by atoms with van der Waals surface area (Å²) in [6.45, 7) is 0.